The van der Waals surface area contributed by atoms with Crippen molar-refractivity contribution < 1.29 is 13.6 Å². The van der Waals surface area contributed by atoms with Crippen LogP contribution in [0.5, 0.6) is 0 Å². The minimum absolute atomic E-state index is 0.145. The molecule has 2 aromatic rings. The van der Waals surface area contributed by atoms with Crippen LogP contribution in [0, 0.1) is 11.7 Å². The fourth-order valence-corrected chi connectivity index (χ4v) is 2.09. The van der Waals surface area contributed by atoms with Gasteiger partial charge in [0.1, 0.15) is 12.1 Å². The van der Waals surface area contributed by atoms with Crippen molar-refractivity contribution in [3.05, 3.63) is 42.0 Å². The van der Waals surface area contributed by atoms with E-state index in [9.17, 15) is 9.18 Å². The van der Waals surface area contributed by atoms with E-state index >= 15 is 0 Å². The Morgan fingerprint density at radius 3 is 2.74 bits per heavy atom. The van der Waals surface area contributed by atoms with E-state index in [-0.39, 0.29) is 17.6 Å². The number of benzene rings is 1. The third-order valence-electron chi connectivity index (χ3n) is 3.88. The Hall–Kier alpha value is -2.21. The predicted molar refractivity (Wildman–Crippen MR) is 86.0 cm³/mol. The van der Waals surface area contributed by atoms with Crippen LogP contribution in [0.15, 0.2) is 34.9 Å². The Labute approximate surface area is 135 Å². The van der Waals surface area contributed by atoms with E-state index in [0.717, 1.165) is 12.1 Å². The maximum absolute atomic E-state index is 12.9. The van der Waals surface area contributed by atoms with E-state index in [4.69, 9.17) is 10.2 Å². The molecule has 0 fully saturated rings. The van der Waals surface area contributed by atoms with Gasteiger partial charge >= 0.3 is 0 Å². The molecule has 124 valence electrons. The number of aromatic nitrogens is 1. The smallest absolute Gasteiger partial charge is 0.237 e. The van der Waals surface area contributed by atoms with E-state index < -0.39 is 6.04 Å². The van der Waals surface area contributed by atoms with E-state index in [1.54, 1.807) is 18.4 Å². The van der Waals surface area contributed by atoms with Gasteiger partial charge in [-0.05, 0) is 30.2 Å². The van der Waals surface area contributed by atoms with Crippen LogP contribution in [0.1, 0.15) is 26.0 Å². The first kappa shape index (κ1) is 17.1. The monoisotopic (exact) mass is 319 g/mol. The van der Waals surface area contributed by atoms with Crippen LogP contribution in [-0.4, -0.2) is 23.5 Å². The minimum atomic E-state index is -0.493. The van der Waals surface area contributed by atoms with E-state index in [0.29, 0.717) is 24.4 Å². The van der Waals surface area contributed by atoms with Gasteiger partial charge in [0.2, 0.25) is 11.8 Å². The fraction of sp³-hybridized carbons (Fsp3) is 0.412. The Morgan fingerprint density at radius 1 is 1.39 bits per heavy atom. The molecule has 2 rings (SSSR count). The molecular formula is C17H22FN3O2. The van der Waals surface area contributed by atoms with Crippen molar-refractivity contribution in [2.75, 3.05) is 6.54 Å². The fourth-order valence-electron chi connectivity index (χ4n) is 2.09. The molecule has 0 saturated heterocycles. The number of hydrogen-bond acceptors (Lipinski definition) is 4. The first-order chi connectivity index (χ1) is 11.0. The largest absolute Gasteiger partial charge is 0.444 e. The van der Waals surface area contributed by atoms with Crippen LogP contribution in [-0.2, 0) is 11.2 Å². The number of rotatable bonds is 7. The summed E-state index contributed by atoms with van der Waals surface area (Å²) in [4.78, 5) is 16.2. The van der Waals surface area contributed by atoms with Crippen LogP contribution >= 0.6 is 0 Å². The van der Waals surface area contributed by atoms with Crippen molar-refractivity contribution in [3.63, 3.8) is 0 Å². The molecule has 0 aliphatic carbocycles. The number of nitrogens with zero attached hydrogens (tertiary/aromatic N) is 1. The predicted octanol–water partition coefficient (Wildman–Crippen LogP) is 2.51. The molecule has 0 aliphatic heterocycles. The van der Waals surface area contributed by atoms with Gasteiger partial charge in [0.25, 0.3) is 0 Å². The number of nitrogens with two attached hydrogens (primary N) is 1. The number of amides is 1. The molecular weight excluding hydrogens is 297 g/mol. The average Bonchev–Trinajstić information content (AvgIpc) is 3.02. The lowest BCUT2D eigenvalue weighted by Gasteiger charge is -2.17. The number of carbonyl (C=O) groups excluding carboxylic acids is 1. The Kier molecular flexibility index (Phi) is 5.87. The van der Waals surface area contributed by atoms with Gasteiger partial charge in [-0.15, -0.1) is 0 Å². The zero-order chi connectivity index (χ0) is 16.8. The van der Waals surface area contributed by atoms with Crippen LogP contribution in [0.3, 0.4) is 0 Å². The molecule has 1 heterocycles. The molecule has 2 atom stereocenters. The summed E-state index contributed by atoms with van der Waals surface area (Å²) in [6, 6.07) is 5.44. The summed E-state index contributed by atoms with van der Waals surface area (Å²) < 4.78 is 18.3. The molecule has 3 N–H and O–H groups in total. The third-order valence-corrected chi connectivity index (χ3v) is 3.88. The molecule has 1 aromatic carbocycles. The number of halogens is 1. The summed E-state index contributed by atoms with van der Waals surface area (Å²) in [5, 5.41) is 2.81. The van der Waals surface area contributed by atoms with Crippen molar-refractivity contribution in [3.8, 4) is 11.5 Å². The Balaban J connectivity index is 1.85. The first-order valence-corrected chi connectivity index (χ1v) is 7.75. The van der Waals surface area contributed by atoms with Gasteiger partial charge in [-0.2, -0.15) is 0 Å². The molecule has 1 aromatic heterocycles. The molecule has 0 radical (unpaired) electrons. The Morgan fingerprint density at radius 2 is 2.09 bits per heavy atom. The van der Waals surface area contributed by atoms with E-state index in [2.05, 4.69) is 10.3 Å². The molecule has 5 nitrogen and oxygen atoms in total. The number of carbonyl (C=O) groups is 1. The summed E-state index contributed by atoms with van der Waals surface area (Å²) in [5.74, 6) is 0.122. The summed E-state index contributed by atoms with van der Waals surface area (Å²) >= 11 is 0. The van der Waals surface area contributed by atoms with Gasteiger partial charge < -0.3 is 15.5 Å². The second-order valence-corrected chi connectivity index (χ2v) is 5.60. The summed E-state index contributed by atoms with van der Waals surface area (Å²) in [6.07, 6.45) is 2.95. The molecule has 23 heavy (non-hydrogen) atoms. The van der Waals surface area contributed by atoms with Crippen molar-refractivity contribution >= 4 is 5.91 Å². The molecule has 1 amide bonds. The van der Waals surface area contributed by atoms with Crippen molar-refractivity contribution in [1.29, 1.82) is 0 Å². The Bertz CT molecular complexity index is 640. The molecule has 0 saturated carbocycles. The van der Waals surface area contributed by atoms with E-state index in [1.807, 2.05) is 13.8 Å². The highest BCUT2D eigenvalue weighted by atomic mass is 19.1. The summed E-state index contributed by atoms with van der Waals surface area (Å²) in [7, 11) is 0. The number of nitrogens with one attached hydrogen (secondary N) is 1. The maximum atomic E-state index is 12.9. The standard InChI is InChI=1S/C17H22FN3O2/c1-3-11(2)15(19)16(22)20-9-8-14-10-23-17(21-14)12-4-6-13(18)7-5-12/h4-7,10-11,15H,3,8-9,19H2,1-2H3,(H,20,22). The van der Waals surface area contributed by atoms with Crippen LogP contribution in [0.4, 0.5) is 4.39 Å². The van der Waals surface area contributed by atoms with Crippen molar-refractivity contribution in [1.82, 2.24) is 10.3 Å². The van der Waals surface area contributed by atoms with Crippen LogP contribution < -0.4 is 11.1 Å². The SMILES string of the molecule is CCC(C)C(N)C(=O)NCCc1coc(-c2ccc(F)cc2)n1. The van der Waals surface area contributed by atoms with Crippen LogP contribution in [0.25, 0.3) is 11.5 Å². The first-order valence-electron chi connectivity index (χ1n) is 7.75. The summed E-state index contributed by atoms with van der Waals surface area (Å²) in [6.45, 7) is 4.40. The molecule has 0 spiro atoms. The van der Waals surface area contributed by atoms with Gasteiger partial charge in [0.05, 0.1) is 11.7 Å². The highest BCUT2D eigenvalue weighted by Gasteiger charge is 2.18. The number of oxazole rings is 1. The molecule has 0 aliphatic rings. The molecule has 6 heteroatoms. The summed E-state index contributed by atoms with van der Waals surface area (Å²) in [5.41, 5.74) is 7.30. The quantitative estimate of drug-likeness (QED) is 0.821. The lowest BCUT2D eigenvalue weighted by molar-refractivity contribution is -0.123. The van der Waals surface area contributed by atoms with Crippen molar-refractivity contribution in [2.45, 2.75) is 32.7 Å². The van der Waals surface area contributed by atoms with Crippen LogP contribution in [0.2, 0.25) is 0 Å². The van der Waals surface area contributed by atoms with Gasteiger partial charge in [0, 0.05) is 18.5 Å². The maximum Gasteiger partial charge on any atom is 0.237 e. The van der Waals surface area contributed by atoms with E-state index in [1.165, 1.54) is 12.1 Å². The lowest BCUT2D eigenvalue weighted by Crippen LogP contribution is -2.45. The topological polar surface area (TPSA) is 81.2 Å². The zero-order valence-corrected chi connectivity index (χ0v) is 13.4. The number of hydrogen-bond donors (Lipinski definition) is 2. The second-order valence-electron chi connectivity index (χ2n) is 5.60. The zero-order valence-electron chi connectivity index (χ0n) is 13.4. The minimum Gasteiger partial charge on any atom is -0.444 e. The lowest BCUT2D eigenvalue weighted by atomic mass is 9.99. The highest BCUT2D eigenvalue weighted by Crippen LogP contribution is 2.19. The molecule has 0 bridgehead atoms. The average molecular weight is 319 g/mol. The highest BCUT2D eigenvalue weighted by molar-refractivity contribution is 5.81. The normalized spacial score (nSPS) is 13.6. The van der Waals surface area contributed by atoms with Crippen molar-refractivity contribution in [2.24, 2.45) is 11.7 Å². The van der Waals surface area contributed by atoms with Gasteiger partial charge in [0.15, 0.2) is 0 Å². The second kappa shape index (κ2) is 7.87. The van der Waals surface area contributed by atoms with Gasteiger partial charge in [-0.1, -0.05) is 20.3 Å². The third kappa shape index (κ3) is 4.63. The van der Waals surface area contributed by atoms with Gasteiger partial charge in [-0.25, -0.2) is 9.37 Å². The van der Waals surface area contributed by atoms with Gasteiger partial charge in [-0.3, -0.25) is 4.79 Å². The molecule has 2 unspecified atom stereocenters.